The standard InChI is InChI=1S/C23H30N4O2/c1-16-6-8-20(9-7-16)29-17(2)23(28)27-11-4-5-18(15-27)22-24-13-19-14-26(3)12-10-21(19)25-22/h6-9,13,17-18H,4-5,10-12,14-15H2,1-3H3/t17-,18-/m0/s1. The lowest BCUT2D eigenvalue weighted by molar-refractivity contribution is -0.139. The summed E-state index contributed by atoms with van der Waals surface area (Å²) in [7, 11) is 2.13. The molecule has 1 amide bonds. The van der Waals surface area contributed by atoms with Gasteiger partial charge in [-0.3, -0.25) is 4.79 Å². The molecule has 154 valence electrons. The normalized spacial score (nSPS) is 20.8. The lowest BCUT2D eigenvalue weighted by Crippen LogP contribution is -2.45. The molecule has 0 unspecified atom stereocenters. The lowest BCUT2D eigenvalue weighted by Gasteiger charge is -2.34. The maximum Gasteiger partial charge on any atom is 0.263 e. The van der Waals surface area contributed by atoms with Crippen LogP contribution in [0.15, 0.2) is 30.5 Å². The Morgan fingerprint density at radius 3 is 2.83 bits per heavy atom. The van der Waals surface area contributed by atoms with Gasteiger partial charge in [-0.1, -0.05) is 17.7 Å². The highest BCUT2D eigenvalue weighted by molar-refractivity contribution is 5.81. The van der Waals surface area contributed by atoms with Crippen molar-refractivity contribution in [3.8, 4) is 5.75 Å². The number of aromatic nitrogens is 2. The summed E-state index contributed by atoms with van der Waals surface area (Å²) in [5.74, 6) is 1.85. The second kappa shape index (κ2) is 8.49. The molecule has 1 saturated heterocycles. The van der Waals surface area contributed by atoms with Crippen LogP contribution in [-0.4, -0.2) is 58.5 Å². The number of ether oxygens (including phenoxy) is 1. The molecular weight excluding hydrogens is 364 g/mol. The third-order valence-corrected chi connectivity index (χ3v) is 5.92. The number of hydrogen-bond acceptors (Lipinski definition) is 5. The van der Waals surface area contributed by atoms with Crippen LogP contribution in [0, 0.1) is 6.92 Å². The van der Waals surface area contributed by atoms with Crippen molar-refractivity contribution in [1.29, 1.82) is 0 Å². The summed E-state index contributed by atoms with van der Waals surface area (Å²) in [4.78, 5) is 26.7. The third kappa shape index (κ3) is 4.58. The second-order valence-corrected chi connectivity index (χ2v) is 8.38. The Kier molecular flexibility index (Phi) is 5.81. The van der Waals surface area contributed by atoms with Gasteiger partial charge >= 0.3 is 0 Å². The van der Waals surface area contributed by atoms with E-state index in [1.54, 1.807) is 0 Å². The van der Waals surface area contributed by atoms with Crippen LogP contribution in [0.1, 0.15) is 48.3 Å². The number of benzene rings is 1. The first-order valence-electron chi connectivity index (χ1n) is 10.5. The van der Waals surface area contributed by atoms with E-state index in [9.17, 15) is 4.79 Å². The maximum atomic E-state index is 13.0. The van der Waals surface area contributed by atoms with Crippen molar-refractivity contribution in [3.05, 3.63) is 53.1 Å². The number of fused-ring (bicyclic) bond motifs is 1. The van der Waals surface area contributed by atoms with Crippen LogP contribution in [-0.2, 0) is 17.8 Å². The second-order valence-electron chi connectivity index (χ2n) is 8.38. The molecule has 1 fully saturated rings. The van der Waals surface area contributed by atoms with Crippen molar-refractivity contribution >= 4 is 5.91 Å². The molecule has 2 atom stereocenters. The lowest BCUT2D eigenvalue weighted by atomic mass is 9.96. The van der Waals surface area contributed by atoms with E-state index in [1.807, 2.05) is 49.2 Å². The van der Waals surface area contributed by atoms with Gasteiger partial charge in [0.05, 0.1) is 0 Å². The molecule has 1 aromatic carbocycles. The van der Waals surface area contributed by atoms with Gasteiger partial charge in [-0.25, -0.2) is 9.97 Å². The number of rotatable bonds is 4. The zero-order valence-corrected chi connectivity index (χ0v) is 17.6. The number of carbonyl (C=O) groups is 1. The number of likely N-dealkylation sites (tertiary alicyclic amines) is 1. The predicted molar refractivity (Wildman–Crippen MR) is 112 cm³/mol. The van der Waals surface area contributed by atoms with Crippen molar-refractivity contribution in [1.82, 2.24) is 19.8 Å². The van der Waals surface area contributed by atoms with E-state index >= 15 is 0 Å². The zero-order valence-electron chi connectivity index (χ0n) is 17.6. The van der Waals surface area contributed by atoms with Gasteiger partial charge in [0, 0.05) is 56.0 Å². The van der Waals surface area contributed by atoms with Crippen LogP contribution in [0.25, 0.3) is 0 Å². The van der Waals surface area contributed by atoms with Crippen LogP contribution in [0.2, 0.25) is 0 Å². The fourth-order valence-corrected chi connectivity index (χ4v) is 4.19. The van der Waals surface area contributed by atoms with E-state index < -0.39 is 6.10 Å². The van der Waals surface area contributed by atoms with E-state index in [2.05, 4.69) is 16.9 Å². The molecule has 0 N–H and O–H groups in total. The topological polar surface area (TPSA) is 58.6 Å². The number of likely N-dealkylation sites (N-methyl/N-ethyl adjacent to an activating group) is 1. The first-order valence-corrected chi connectivity index (χ1v) is 10.5. The molecule has 6 heteroatoms. The van der Waals surface area contributed by atoms with Crippen LogP contribution >= 0.6 is 0 Å². The smallest absolute Gasteiger partial charge is 0.263 e. The summed E-state index contributed by atoms with van der Waals surface area (Å²) in [6, 6.07) is 7.82. The molecule has 2 aliphatic rings. The molecule has 3 heterocycles. The number of carbonyl (C=O) groups excluding carboxylic acids is 1. The minimum atomic E-state index is -0.503. The minimum Gasteiger partial charge on any atom is -0.481 e. The molecule has 0 radical (unpaired) electrons. The predicted octanol–water partition coefficient (Wildman–Crippen LogP) is 2.95. The van der Waals surface area contributed by atoms with E-state index in [0.717, 1.165) is 50.5 Å². The number of piperidine rings is 1. The van der Waals surface area contributed by atoms with Gasteiger partial charge in [0.1, 0.15) is 11.6 Å². The molecule has 1 aromatic heterocycles. The molecular formula is C23H30N4O2. The molecule has 2 aromatic rings. The number of aryl methyl sites for hydroxylation is 1. The molecule has 29 heavy (non-hydrogen) atoms. The van der Waals surface area contributed by atoms with Crippen molar-refractivity contribution in [3.63, 3.8) is 0 Å². The van der Waals surface area contributed by atoms with Gasteiger partial charge in [0.25, 0.3) is 5.91 Å². The van der Waals surface area contributed by atoms with Gasteiger partial charge in [-0.2, -0.15) is 0 Å². The molecule has 2 aliphatic heterocycles. The van der Waals surface area contributed by atoms with E-state index in [-0.39, 0.29) is 11.8 Å². The highest BCUT2D eigenvalue weighted by atomic mass is 16.5. The summed E-state index contributed by atoms with van der Waals surface area (Å²) >= 11 is 0. The van der Waals surface area contributed by atoms with E-state index in [0.29, 0.717) is 6.54 Å². The largest absolute Gasteiger partial charge is 0.481 e. The molecule has 6 nitrogen and oxygen atoms in total. The maximum absolute atomic E-state index is 13.0. The molecule has 0 bridgehead atoms. The SMILES string of the molecule is Cc1ccc(O[C@@H](C)C(=O)N2CCC[C@H](c3ncc4c(n3)CCN(C)C4)C2)cc1. The van der Waals surface area contributed by atoms with Crippen molar-refractivity contribution in [2.24, 2.45) is 0 Å². The van der Waals surface area contributed by atoms with Gasteiger partial charge in [0.2, 0.25) is 0 Å². The zero-order chi connectivity index (χ0) is 20.4. The molecule has 0 saturated carbocycles. The van der Waals surface area contributed by atoms with Gasteiger partial charge in [0.15, 0.2) is 6.10 Å². The third-order valence-electron chi connectivity index (χ3n) is 5.92. The monoisotopic (exact) mass is 394 g/mol. The Morgan fingerprint density at radius 2 is 2.03 bits per heavy atom. The van der Waals surface area contributed by atoms with E-state index in [4.69, 9.17) is 9.72 Å². The highest BCUT2D eigenvalue weighted by Gasteiger charge is 2.30. The average molecular weight is 395 g/mol. The van der Waals surface area contributed by atoms with Crippen LogP contribution in [0.3, 0.4) is 0 Å². The Bertz CT molecular complexity index is 868. The Hall–Kier alpha value is -2.47. The molecule has 0 spiro atoms. The Labute approximate surface area is 172 Å². The number of amides is 1. The molecule has 4 rings (SSSR count). The quantitative estimate of drug-likeness (QED) is 0.798. The summed E-state index contributed by atoms with van der Waals surface area (Å²) in [5.41, 5.74) is 3.57. The molecule has 0 aliphatic carbocycles. The highest BCUT2D eigenvalue weighted by Crippen LogP contribution is 2.27. The summed E-state index contributed by atoms with van der Waals surface area (Å²) in [6.45, 7) is 7.25. The van der Waals surface area contributed by atoms with Crippen LogP contribution in [0.4, 0.5) is 0 Å². The van der Waals surface area contributed by atoms with Gasteiger partial charge in [-0.15, -0.1) is 0 Å². The first-order chi connectivity index (χ1) is 14.0. The van der Waals surface area contributed by atoms with Crippen molar-refractivity contribution < 1.29 is 9.53 Å². The minimum absolute atomic E-state index is 0.0369. The van der Waals surface area contributed by atoms with Crippen LogP contribution in [0.5, 0.6) is 5.75 Å². The van der Waals surface area contributed by atoms with Crippen LogP contribution < -0.4 is 4.74 Å². The number of nitrogens with zero attached hydrogens (tertiary/aromatic N) is 4. The Morgan fingerprint density at radius 1 is 1.24 bits per heavy atom. The summed E-state index contributed by atoms with van der Waals surface area (Å²) < 4.78 is 5.88. The van der Waals surface area contributed by atoms with Gasteiger partial charge < -0.3 is 14.5 Å². The van der Waals surface area contributed by atoms with Gasteiger partial charge in [-0.05, 0) is 45.9 Å². The number of hydrogen-bond donors (Lipinski definition) is 0. The fourth-order valence-electron chi connectivity index (χ4n) is 4.19. The Balaban J connectivity index is 1.41. The fraction of sp³-hybridized carbons (Fsp3) is 0.522. The summed E-state index contributed by atoms with van der Waals surface area (Å²) in [6.07, 6.45) is 4.44. The van der Waals surface area contributed by atoms with Crippen molar-refractivity contribution in [2.75, 3.05) is 26.7 Å². The summed E-state index contributed by atoms with van der Waals surface area (Å²) in [5, 5.41) is 0. The van der Waals surface area contributed by atoms with E-state index in [1.165, 1.54) is 16.8 Å². The van der Waals surface area contributed by atoms with Crippen molar-refractivity contribution in [2.45, 2.75) is 51.7 Å². The average Bonchev–Trinajstić information content (AvgIpc) is 2.74. The first kappa shape index (κ1) is 19.8.